The Labute approximate surface area is 191 Å². The number of piperazine rings is 1. The number of methoxy groups -OCH3 is 3. The third-order valence-electron chi connectivity index (χ3n) is 5.07. The topological polar surface area (TPSA) is 109 Å². The van der Waals surface area contributed by atoms with Crippen LogP contribution in [0.5, 0.6) is 17.2 Å². The Bertz CT molecular complexity index is 909. The van der Waals surface area contributed by atoms with Crippen molar-refractivity contribution in [3.8, 4) is 17.2 Å². The number of hydrogen-bond donors (Lipinski definition) is 2. The van der Waals surface area contributed by atoms with Gasteiger partial charge in [-0.1, -0.05) is 12.1 Å². The molecule has 0 atom stereocenters. The largest absolute Gasteiger partial charge is 0.493 e. The number of aliphatic carboxylic acids is 2. The van der Waals surface area contributed by atoms with Crippen LogP contribution in [0.2, 0.25) is 0 Å². The summed E-state index contributed by atoms with van der Waals surface area (Å²) in [5, 5.41) is 14.8. The molecule has 1 heterocycles. The number of hydrogen-bond acceptors (Lipinski definition) is 7. The zero-order valence-electron chi connectivity index (χ0n) is 18.9. The first-order chi connectivity index (χ1) is 15.8. The van der Waals surface area contributed by atoms with Crippen LogP contribution in [-0.2, 0) is 22.7 Å². The molecular weight excluding hydrogens is 435 g/mol. The molecule has 1 aliphatic heterocycles. The van der Waals surface area contributed by atoms with Gasteiger partial charge in [0, 0.05) is 39.3 Å². The van der Waals surface area contributed by atoms with Gasteiger partial charge in [0.25, 0.3) is 0 Å². The Kier molecular flexibility index (Phi) is 9.89. The van der Waals surface area contributed by atoms with Gasteiger partial charge in [0.05, 0.1) is 21.3 Å². The fourth-order valence-electron chi connectivity index (χ4n) is 3.48. The van der Waals surface area contributed by atoms with E-state index in [1.165, 1.54) is 6.07 Å². The molecule has 0 aromatic heterocycles. The van der Waals surface area contributed by atoms with Crippen molar-refractivity contribution in [2.24, 2.45) is 0 Å². The number of nitrogens with zero attached hydrogens (tertiary/aromatic N) is 2. The van der Waals surface area contributed by atoms with E-state index in [-0.39, 0.29) is 5.82 Å². The molecular formula is C23H29FN2O7. The highest BCUT2D eigenvalue weighted by Crippen LogP contribution is 2.38. The van der Waals surface area contributed by atoms with E-state index in [0.717, 1.165) is 50.4 Å². The monoisotopic (exact) mass is 464 g/mol. The molecule has 1 aliphatic rings. The van der Waals surface area contributed by atoms with Crippen LogP contribution in [0.15, 0.2) is 36.4 Å². The van der Waals surface area contributed by atoms with E-state index in [0.29, 0.717) is 17.2 Å². The molecule has 0 amide bonds. The SMILES string of the molecule is COc1cc(CN2CCN(Cc3cccc(F)c3)CC2)cc(OC)c1OC.O=C(O)C(=O)O. The minimum atomic E-state index is -1.82. The summed E-state index contributed by atoms with van der Waals surface area (Å²) < 4.78 is 29.6. The summed E-state index contributed by atoms with van der Waals surface area (Å²) in [6.45, 7) is 5.46. The molecule has 2 N–H and O–H groups in total. The van der Waals surface area contributed by atoms with Crippen molar-refractivity contribution in [3.05, 3.63) is 53.3 Å². The first kappa shape index (κ1) is 25.9. The van der Waals surface area contributed by atoms with Gasteiger partial charge in [-0.2, -0.15) is 0 Å². The van der Waals surface area contributed by atoms with Gasteiger partial charge in [0.2, 0.25) is 5.75 Å². The maximum atomic E-state index is 13.3. The fraction of sp³-hybridized carbons (Fsp3) is 0.391. The van der Waals surface area contributed by atoms with Crippen molar-refractivity contribution >= 4 is 11.9 Å². The molecule has 9 nitrogen and oxygen atoms in total. The lowest BCUT2D eigenvalue weighted by Crippen LogP contribution is -2.45. The molecule has 0 spiro atoms. The average molecular weight is 464 g/mol. The highest BCUT2D eigenvalue weighted by atomic mass is 19.1. The molecule has 1 fully saturated rings. The van der Waals surface area contributed by atoms with Gasteiger partial charge in [-0.3, -0.25) is 9.80 Å². The van der Waals surface area contributed by atoms with Crippen LogP contribution in [0.3, 0.4) is 0 Å². The molecule has 0 bridgehead atoms. The van der Waals surface area contributed by atoms with Crippen molar-refractivity contribution in [2.75, 3.05) is 47.5 Å². The third-order valence-corrected chi connectivity index (χ3v) is 5.07. The predicted molar refractivity (Wildman–Crippen MR) is 118 cm³/mol. The number of carbonyl (C=O) groups is 2. The van der Waals surface area contributed by atoms with Crippen LogP contribution < -0.4 is 14.2 Å². The van der Waals surface area contributed by atoms with E-state index in [4.69, 9.17) is 34.0 Å². The van der Waals surface area contributed by atoms with Crippen molar-refractivity contribution in [1.82, 2.24) is 9.80 Å². The number of benzene rings is 2. The molecule has 0 aliphatic carbocycles. The van der Waals surface area contributed by atoms with Crippen molar-refractivity contribution in [2.45, 2.75) is 13.1 Å². The minimum Gasteiger partial charge on any atom is -0.493 e. The van der Waals surface area contributed by atoms with Crippen LogP contribution in [-0.4, -0.2) is 79.5 Å². The molecule has 33 heavy (non-hydrogen) atoms. The number of carboxylic acids is 2. The normalized spacial score (nSPS) is 14.1. The second-order valence-corrected chi connectivity index (χ2v) is 7.33. The first-order valence-electron chi connectivity index (χ1n) is 10.2. The Balaban J connectivity index is 0.000000569. The molecule has 0 radical (unpaired) electrons. The van der Waals surface area contributed by atoms with E-state index < -0.39 is 11.9 Å². The number of ether oxygens (including phenoxy) is 3. The minimum absolute atomic E-state index is 0.173. The standard InChI is InChI=1S/C21H27FN2O3.C2H2O4/c1-25-19-12-17(13-20(26-2)21(19)27-3)15-24-9-7-23(8-10-24)14-16-5-4-6-18(22)11-16;3-1(4)2(5)6/h4-6,11-13H,7-10,14-15H2,1-3H3;(H,3,4)(H,5,6). The van der Waals surface area contributed by atoms with Crippen LogP contribution in [0.4, 0.5) is 4.39 Å². The number of carboxylic acid groups (broad SMARTS) is 2. The smallest absolute Gasteiger partial charge is 0.414 e. The molecule has 1 saturated heterocycles. The molecule has 2 aromatic carbocycles. The van der Waals surface area contributed by atoms with Crippen molar-refractivity contribution in [1.29, 1.82) is 0 Å². The van der Waals surface area contributed by atoms with Gasteiger partial charge in [0.15, 0.2) is 11.5 Å². The molecule has 2 aromatic rings. The summed E-state index contributed by atoms with van der Waals surface area (Å²) in [4.78, 5) is 23.0. The Hall–Kier alpha value is -3.37. The maximum Gasteiger partial charge on any atom is 0.414 e. The van der Waals surface area contributed by atoms with Crippen molar-refractivity contribution < 1.29 is 38.4 Å². The summed E-state index contributed by atoms with van der Waals surface area (Å²) in [5.41, 5.74) is 2.15. The predicted octanol–water partition coefficient (Wildman–Crippen LogP) is 2.32. The van der Waals surface area contributed by atoms with Crippen molar-refractivity contribution in [3.63, 3.8) is 0 Å². The fourth-order valence-corrected chi connectivity index (χ4v) is 3.48. The van der Waals surface area contributed by atoms with E-state index in [2.05, 4.69) is 9.80 Å². The number of halogens is 1. The molecule has 10 heteroatoms. The zero-order chi connectivity index (χ0) is 24.4. The summed E-state index contributed by atoms with van der Waals surface area (Å²) in [5.74, 6) is -1.85. The van der Waals surface area contributed by atoms with E-state index in [1.807, 2.05) is 18.2 Å². The van der Waals surface area contributed by atoms with Crippen LogP contribution >= 0.6 is 0 Å². The van der Waals surface area contributed by atoms with E-state index in [1.54, 1.807) is 33.5 Å². The zero-order valence-corrected chi connectivity index (χ0v) is 18.9. The average Bonchev–Trinajstić information content (AvgIpc) is 2.80. The second-order valence-electron chi connectivity index (χ2n) is 7.33. The number of rotatable bonds is 7. The summed E-state index contributed by atoms with van der Waals surface area (Å²) in [6, 6.07) is 10.8. The highest BCUT2D eigenvalue weighted by molar-refractivity contribution is 6.27. The lowest BCUT2D eigenvalue weighted by atomic mass is 10.1. The quantitative estimate of drug-likeness (QED) is 0.597. The molecule has 180 valence electrons. The van der Waals surface area contributed by atoms with Gasteiger partial charge in [0.1, 0.15) is 5.82 Å². The Morgan fingerprint density at radius 3 is 1.70 bits per heavy atom. The molecule has 0 unspecified atom stereocenters. The maximum absolute atomic E-state index is 13.3. The van der Waals surface area contributed by atoms with Crippen LogP contribution in [0.25, 0.3) is 0 Å². The van der Waals surface area contributed by atoms with Gasteiger partial charge >= 0.3 is 11.9 Å². The van der Waals surface area contributed by atoms with Gasteiger partial charge < -0.3 is 24.4 Å². The molecule has 0 saturated carbocycles. The van der Waals surface area contributed by atoms with Gasteiger partial charge in [-0.25, -0.2) is 14.0 Å². The Morgan fingerprint density at radius 1 is 0.818 bits per heavy atom. The van der Waals surface area contributed by atoms with E-state index >= 15 is 0 Å². The highest BCUT2D eigenvalue weighted by Gasteiger charge is 2.19. The molecule has 3 rings (SSSR count). The lowest BCUT2D eigenvalue weighted by molar-refractivity contribution is -0.159. The van der Waals surface area contributed by atoms with Crippen LogP contribution in [0.1, 0.15) is 11.1 Å². The van der Waals surface area contributed by atoms with Gasteiger partial charge in [-0.05, 0) is 35.4 Å². The first-order valence-corrected chi connectivity index (χ1v) is 10.2. The van der Waals surface area contributed by atoms with Gasteiger partial charge in [-0.15, -0.1) is 0 Å². The lowest BCUT2D eigenvalue weighted by Gasteiger charge is -2.34. The van der Waals surface area contributed by atoms with E-state index in [9.17, 15) is 4.39 Å². The third kappa shape index (κ3) is 7.92. The summed E-state index contributed by atoms with van der Waals surface area (Å²) >= 11 is 0. The summed E-state index contributed by atoms with van der Waals surface area (Å²) in [6.07, 6.45) is 0. The second kappa shape index (κ2) is 12.6. The summed E-state index contributed by atoms with van der Waals surface area (Å²) in [7, 11) is 4.87. The van der Waals surface area contributed by atoms with Crippen LogP contribution in [0, 0.1) is 5.82 Å². The Morgan fingerprint density at radius 2 is 1.30 bits per heavy atom.